The van der Waals surface area contributed by atoms with Gasteiger partial charge in [-0.25, -0.2) is 0 Å². The summed E-state index contributed by atoms with van der Waals surface area (Å²) < 4.78 is 0. The molecule has 164 valence electrons. The van der Waals surface area contributed by atoms with Gasteiger partial charge in [0.05, 0.1) is 11.4 Å². The Labute approximate surface area is 192 Å². The molecule has 0 radical (unpaired) electrons. The predicted octanol–water partition coefficient (Wildman–Crippen LogP) is 1.91. The standard InChI is InChI=1S/C19H24N10S.ClH/c1-11(26-28-17(20)21)13-3-7-15(8-4-13)24-19(30)25-16-9-5-14(6-10-16)12(2)27-29-18(22)23;/h3-10H,1-2H3,(H4,20,21,28)(H4,22,23,29)(H2,24,25,30);1H/b26-11-,27-12+;. The topological polar surface area (TPSA) is 178 Å². The highest BCUT2D eigenvalue weighted by atomic mass is 35.5. The average Bonchev–Trinajstić information content (AvgIpc) is 2.71. The average molecular weight is 461 g/mol. The number of benzene rings is 2. The lowest BCUT2D eigenvalue weighted by Crippen LogP contribution is -2.22. The van der Waals surface area contributed by atoms with Crippen molar-refractivity contribution in [3.05, 3.63) is 59.7 Å². The molecule has 0 unspecified atom stereocenters. The first kappa shape index (κ1) is 25.3. The van der Waals surface area contributed by atoms with Crippen LogP contribution in [-0.2, 0) is 0 Å². The van der Waals surface area contributed by atoms with E-state index in [0.29, 0.717) is 16.5 Å². The first-order valence-electron chi connectivity index (χ1n) is 8.80. The third-order valence-electron chi connectivity index (χ3n) is 3.75. The van der Waals surface area contributed by atoms with Crippen molar-refractivity contribution in [2.75, 3.05) is 10.6 Å². The van der Waals surface area contributed by atoms with Crippen LogP contribution >= 0.6 is 24.6 Å². The SMILES string of the molecule is C/C(=N/N=C(N)N)c1ccc(NC(=S)Nc2ccc(/C(C)=N/N=C(N)N)cc2)cc1.Cl. The smallest absolute Gasteiger partial charge is 0.211 e. The molecule has 0 bridgehead atoms. The van der Waals surface area contributed by atoms with E-state index in [1.54, 1.807) is 0 Å². The van der Waals surface area contributed by atoms with Crippen molar-refractivity contribution in [3.8, 4) is 0 Å². The van der Waals surface area contributed by atoms with Gasteiger partial charge in [0, 0.05) is 11.4 Å². The van der Waals surface area contributed by atoms with Gasteiger partial charge in [0.15, 0.2) is 5.11 Å². The number of thiocarbonyl (C=S) groups is 1. The Morgan fingerprint density at radius 2 is 0.968 bits per heavy atom. The van der Waals surface area contributed by atoms with Gasteiger partial charge in [0.25, 0.3) is 0 Å². The fourth-order valence-corrected chi connectivity index (χ4v) is 2.50. The molecule has 0 aliphatic carbocycles. The zero-order valence-electron chi connectivity index (χ0n) is 17.0. The van der Waals surface area contributed by atoms with E-state index in [9.17, 15) is 0 Å². The van der Waals surface area contributed by atoms with E-state index in [-0.39, 0.29) is 24.3 Å². The molecule has 0 spiro atoms. The first-order valence-corrected chi connectivity index (χ1v) is 9.20. The summed E-state index contributed by atoms with van der Waals surface area (Å²) in [6.45, 7) is 3.63. The van der Waals surface area contributed by atoms with E-state index >= 15 is 0 Å². The van der Waals surface area contributed by atoms with Crippen molar-refractivity contribution in [1.82, 2.24) is 0 Å². The number of rotatable bonds is 6. The lowest BCUT2D eigenvalue weighted by molar-refractivity contribution is 1.20. The lowest BCUT2D eigenvalue weighted by Gasteiger charge is -2.11. The molecule has 2 rings (SSSR count). The van der Waals surface area contributed by atoms with Crippen molar-refractivity contribution >= 4 is 64.5 Å². The van der Waals surface area contributed by atoms with Crippen LogP contribution in [0.5, 0.6) is 0 Å². The van der Waals surface area contributed by atoms with Crippen LogP contribution in [0, 0.1) is 0 Å². The number of nitrogens with one attached hydrogen (secondary N) is 2. The Morgan fingerprint density at radius 1 is 0.645 bits per heavy atom. The Bertz CT molecular complexity index is 921. The summed E-state index contributed by atoms with van der Waals surface area (Å²) >= 11 is 5.37. The molecule has 0 atom stereocenters. The van der Waals surface area contributed by atoms with Crippen LogP contribution in [0.3, 0.4) is 0 Å². The summed E-state index contributed by atoms with van der Waals surface area (Å²) in [6.07, 6.45) is 0. The summed E-state index contributed by atoms with van der Waals surface area (Å²) in [5.74, 6) is -0.179. The van der Waals surface area contributed by atoms with E-state index in [1.165, 1.54) is 0 Å². The number of halogens is 1. The molecule has 0 heterocycles. The molecule has 31 heavy (non-hydrogen) atoms. The largest absolute Gasteiger partial charge is 0.369 e. The molecule has 0 fully saturated rings. The van der Waals surface area contributed by atoms with Crippen molar-refractivity contribution in [1.29, 1.82) is 0 Å². The van der Waals surface area contributed by atoms with Gasteiger partial charge in [-0.05, 0) is 61.5 Å². The highest BCUT2D eigenvalue weighted by Crippen LogP contribution is 2.14. The van der Waals surface area contributed by atoms with Crippen LogP contribution < -0.4 is 33.6 Å². The van der Waals surface area contributed by atoms with Gasteiger partial charge in [0.2, 0.25) is 11.9 Å². The Kier molecular flexibility index (Phi) is 9.89. The van der Waals surface area contributed by atoms with Gasteiger partial charge < -0.3 is 33.6 Å². The molecule has 2 aromatic carbocycles. The molecular formula is C19H25ClN10S. The second kappa shape index (κ2) is 12.1. The van der Waals surface area contributed by atoms with Gasteiger partial charge in [-0.2, -0.15) is 10.2 Å². The van der Waals surface area contributed by atoms with Gasteiger partial charge >= 0.3 is 0 Å². The number of hydrogen-bond acceptors (Lipinski definition) is 5. The zero-order valence-corrected chi connectivity index (χ0v) is 18.7. The first-order chi connectivity index (χ1) is 14.2. The van der Waals surface area contributed by atoms with Crippen LogP contribution in [0.1, 0.15) is 25.0 Å². The molecule has 0 saturated carbocycles. The van der Waals surface area contributed by atoms with Crippen molar-refractivity contribution < 1.29 is 0 Å². The molecule has 10 N–H and O–H groups in total. The summed E-state index contributed by atoms with van der Waals surface area (Å²) in [5, 5.41) is 21.9. The third-order valence-corrected chi connectivity index (χ3v) is 3.96. The minimum Gasteiger partial charge on any atom is -0.369 e. The maximum atomic E-state index is 5.37. The normalized spacial score (nSPS) is 11.0. The van der Waals surface area contributed by atoms with Crippen LogP contribution in [0.4, 0.5) is 11.4 Å². The summed E-state index contributed by atoms with van der Waals surface area (Å²) in [4.78, 5) is 0. The Hall–Kier alpha value is -3.70. The summed E-state index contributed by atoms with van der Waals surface area (Å²) in [6, 6.07) is 15.1. The maximum absolute atomic E-state index is 5.37. The van der Waals surface area contributed by atoms with Gasteiger partial charge in [0.1, 0.15) is 0 Å². The Morgan fingerprint density at radius 3 is 1.26 bits per heavy atom. The molecule has 0 aliphatic heterocycles. The van der Waals surface area contributed by atoms with Crippen LogP contribution in [-0.4, -0.2) is 28.5 Å². The minimum absolute atomic E-state index is 0. The second-order valence-electron chi connectivity index (χ2n) is 6.15. The van der Waals surface area contributed by atoms with Crippen molar-refractivity contribution in [3.63, 3.8) is 0 Å². The van der Waals surface area contributed by atoms with Gasteiger partial charge in [-0.1, -0.05) is 24.3 Å². The lowest BCUT2D eigenvalue weighted by atomic mass is 10.1. The molecular weight excluding hydrogens is 436 g/mol. The number of anilines is 2. The molecule has 0 saturated heterocycles. The van der Waals surface area contributed by atoms with E-state index in [4.69, 9.17) is 35.2 Å². The highest BCUT2D eigenvalue weighted by molar-refractivity contribution is 7.80. The number of nitrogens with zero attached hydrogens (tertiary/aromatic N) is 4. The van der Waals surface area contributed by atoms with E-state index in [1.807, 2.05) is 62.4 Å². The molecule has 0 aliphatic rings. The molecule has 12 heteroatoms. The Balaban J connectivity index is 0.00000480. The minimum atomic E-state index is -0.0895. The monoisotopic (exact) mass is 460 g/mol. The van der Waals surface area contributed by atoms with Crippen LogP contribution in [0.2, 0.25) is 0 Å². The number of guanidine groups is 2. The predicted molar refractivity (Wildman–Crippen MR) is 136 cm³/mol. The van der Waals surface area contributed by atoms with Gasteiger partial charge in [-0.3, -0.25) is 0 Å². The van der Waals surface area contributed by atoms with E-state index in [2.05, 4.69) is 31.0 Å². The third kappa shape index (κ3) is 8.68. The number of nitrogens with two attached hydrogens (primary N) is 4. The van der Waals surface area contributed by atoms with Crippen molar-refractivity contribution in [2.24, 2.45) is 43.3 Å². The highest BCUT2D eigenvalue weighted by Gasteiger charge is 2.03. The second-order valence-corrected chi connectivity index (χ2v) is 6.56. The van der Waals surface area contributed by atoms with Crippen LogP contribution in [0.15, 0.2) is 68.9 Å². The zero-order chi connectivity index (χ0) is 22.1. The molecule has 2 aromatic rings. The van der Waals surface area contributed by atoms with Crippen LogP contribution in [0.25, 0.3) is 0 Å². The number of hydrogen-bond donors (Lipinski definition) is 6. The van der Waals surface area contributed by atoms with E-state index < -0.39 is 0 Å². The molecule has 10 nitrogen and oxygen atoms in total. The fourth-order valence-electron chi connectivity index (χ4n) is 2.26. The van der Waals surface area contributed by atoms with Crippen molar-refractivity contribution in [2.45, 2.75) is 13.8 Å². The quantitative estimate of drug-likeness (QED) is 0.165. The van der Waals surface area contributed by atoms with Gasteiger partial charge in [-0.15, -0.1) is 22.6 Å². The molecule has 0 aromatic heterocycles. The molecule has 0 amide bonds. The fraction of sp³-hybridized carbons (Fsp3) is 0.105. The summed E-state index contributed by atoms with van der Waals surface area (Å²) in [7, 11) is 0. The maximum Gasteiger partial charge on any atom is 0.211 e. The summed E-state index contributed by atoms with van der Waals surface area (Å²) in [5.41, 5.74) is 25.9. The van der Waals surface area contributed by atoms with E-state index in [0.717, 1.165) is 22.5 Å².